The monoisotopic (exact) mass is 412 g/mol. The quantitative estimate of drug-likeness (QED) is 0.488. The summed E-state index contributed by atoms with van der Waals surface area (Å²) in [5.41, 5.74) is 5.01. The molecule has 0 aliphatic carbocycles. The topological polar surface area (TPSA) is 60.4 Å². The van der Waals surface area contributed by atoms with Crippen LogP contribution in [-0.2, 0) is 11.3 Å². The predicted octanol–water partition coefficient (Wildman–Crippen LogP) is 4.27. The van der Waals surface area contributed by atoms with Gasteiger partial charge in [0, 0.05) is 36.8 Å². The first-order valence-corrected chi connectivity index (χ1v) is 10.4. The third-order valence-electron chi connectivity index (χ3n) is 5.59. The van der Waals surface area contributed by atoms with Crippen LogP contribution in [0, 0.1) is 0 Å². The van der Waals surface area contributed by atoms with Gasteiger partial charge in [0.25, 0.3) is 0 Å². The molecule has 0 amide bonds. The first-order chi connectivity index (χ1) is 15.3. The number of nitrogens with zero attached hydrogens (tertiary/aromatic N) is 4. The summed E-state index contributed by atoms with van der Waals surface area (Å²) >= 11 is 0. The van der Waals surface area contributed by atoms with Crippen molar-refractivity contribution in [3.8, 4) is 17.0 Å². The number of aromatic nitrogens is 3. The molecule has 0 radical (unpaired) electrons. The molecule has 2 aromatic carbocycles. The summed E-state index contributed by atoms with van der Waals surface area (Å²) < 4.78 is 11.3. The lowest BCUT2D eigenvalue weighted by Crippen LogP contribution is -2.38. The second-order valence-corrected chi connectivity index (χ2v) is 7.68. The fourth-order valence-corrected chi connectivity index (χ4v) is 3.94. The van der Waals surface area contributed by atoms with Crippen LogP contribution in [0.25, 0.3) is 22.2 Å². The number of fused-ring (bicyclic) bond motifs is 1. The van der Waals surface area contributed by atoms with E-state index in [4.69, 9.17) is 14.5 Å². The minimum Gasteiger partial charge on any atom is -0.497 e. The molecule has 31 heavy (non-hydrogen) atoms. The molecule has 5 rings (SSSR count). The molecule has 6 nitrogen and oxygen atoms in total. The summed E-state index contributed by atoms with van der Waals surface area (Å²) in [6, 6.07) is 18.4. The lowest BCUT2D eigenvalue weighted by molar-refractivity contribution is -0.0351. The molecule has 0 saturated carbocycles. The molecular formula is C25H24N4O2. The molecule has 1 aliphatic heterocycles. The van der Waals surface area contributed by atoms with Crippen molar-refractivity contribution in [2.24, 2.45) is 0 Å². The molecule has 0 unspecified atom stereocenters. The average molecular weight is 412 g/mol. The van der Waals surface area contributed by atoms with Crippen molar-refractivity contribution in [1.82, 2.24) is 19.9 Å². The predicted molar refractivity (Wildman–Crippen MR) is 120 cm³/mol. The van der Waals surface area contributed by atoms with Gasteiger partial charge in [-0.05, 0) is 48.0 Å². The highest BCUT2D eigenvalue weighted by Gasteiger charge is 2.24. The number of benzene rings is 2. The van der Waals surface area contributed by atoms with Gasteiger partial charge in [0.15, 0.2) is 0 Å². The van der Waals surface area contributed by atoms with Crippen molar-refractivity contribution in [2.45, 2.75) is 12.6 Å². The number of pyridine rings is 1. The van der Waals surface area contributed by atoms with Gasteiger partial charge in [-0.1, -0.05) is 12.1 Å². The van der Waals surface area contributed by atoms with E-state index < -0.39 is 0 Å². The van der Waals surface area contributed by atoms with Crippen LogP contribution in [0.4, 0.5) is 0 Å². The Morgan fingerprint density at radius 3 is 2.87 bits per heavy atom. The molecule has 6 heteroatoms. The van der Waals surface area contributed by atoms with Crippen molar-refractivity contribution in [2.75, 3.05) is 26.8 Å². The number of methoxy groups -OCH3 is 1. The van der Waals surface area contributed by atoms with E-state index in [-0.39, 0.29) is 6.10 Å². The molecule has 1 saturated heterocycles. The normalized spacial score (nSPS) is 17.0. The molecule has 1 aliphatic rings. The number of hydrogen-bond acceptors (Lipinski definition) is 6. The molecule has 156 valence electrons. The highest BCUT2D eigenvalue weighted by Crippen LogP contribution is 2.25. The highest BCUT2D eigenvalue weighted by atomic mass is 16.5. The minimum absolute atomic E-state index is 0.0958. The Morgan fingerprint density at radius 1 is 1.10 bits per heavy atom. The van der Waals surface area contributed by atoms with Crippen molar-refractivity contribution >= 4 is 10.9 Å². The van der Waals surface area contributed by atoms with Gasteiger partial charge in [-0.3, -0.25) is 14.9 Å². The molecule has 0 spiro atoms. The van der Waals surface area contributed by atoms with E-state index in [0.717, 1.165) is 47.9 Å². The van der Waals surface area contributed by atoms with Crippen molar-refractivity contribution in [3.63, 3.8) is 0 Å². The summed E-state index contributed by atoms with van der Waals surface area (Å²) in [4.78, 5) is 16.1. The Morgan fingerprint density at radius 2 is 2.00 bits per heavy atom. The molecule has 4 aromatic rings. The zero-order valence-electron chi connectivity index (χ0n) is 17.4. The van der Waals surface area contributed by atoms with E-state index >= 15 is 0 Å². The Kier molecular flexibility index (Phi) is 5.56. The Bertz CT molecular complexity index is 1180. The van der Waals surface area contributed by atoms with Gasteiger partial charge in [0.1, 0.15) is 11.9 Å². The molecule has 2 aromatic heterocycles. The third kappa shape index (κ3) is 4.40. The van der Waals surface area contributed by atoms with Crippen molar-refractivity contribution in [3.05, 3.63) is 84.4 Å². The first-order valence-electron chi connectivity index (χ1n) is 10.4. The van der Waals surface area contributed by atoms with Crippen LogP contribution in [0.5, 0.6) is 5.75 Å². The zero-order valence-corrected chi connectivity index (χ0v) is 17.4. The second kappa shape index (κ2) is 8.79. The minimum atomic E-state index is -0.0958. The Labute approximate surface area is 181 Å². The maximum absolute atomic E-state index is 6.06. The van der Waals surface area contributed by atoms with Gasteiger partial charge < -0.3 is 9.47 Å². The van der Waals surface area contributed by atoms with E-state index in [1.807, 2.05) is 42.7 Å². The van der Waals surface area contributed by atoms with Gasteiger partial charge in [-0.15, -0.1) is 0 Å². The molecule has 0 bridgehead atoms. The summed E-state index contributed by atoms with van der Waals surface area (Å²) in [6.45, 7) is 3.23. The van der Waals surface area contributed by atoms with Gasteiger partial charge in [-0.25, -0.2) is 4.98 Å². The summed E-state index contributed by atoms with van der Waals surface area (Å²) in [6.07, 6.45) is 5.33. The maximum atomic E-state index is 6.06. The SMILES string of the molecule is COc1ccc(-c2cncc([C@H]3CN(Cc4ccc5ncccc5c4)CCO3)n2)cc1. The average Bonchev–Trinajstić information content (AvgIpc) is 2.84. The van der Waals surface area contributed by atoms with Gasteiger partial charge in [-0.2, -0.15) is 0 Å². The van der Waals surface area contributed by atoms with E-state index in [1.54, 1.807) is 13.3 Å². The van der Waals surface area contributed by atoms with Crippen LogP contribution in [0.2, 0.25) is 0 Å². The van der Waals surface area contributed by atoms with Crippen LogP contribution < -0.4 is 4.74 Å². The van der Waals surface area contributed by atoms with Crippen molar-refractivity contribution in [1.29, 1.82) is 0 Å². The van der Waals surface area contributed by atoms with E-state index in [9.17, 15) is 0 Å². The van der Waals surface area contributed by atoms with Crippen LogP contribution in [0.3, 0.4) is 0 Å². The van der Waals surface area contributed by atoms with Gasteiger partial charge in [0.05, 0.1) is 43.0 Å². The standard InChI is InChI=1S/C25H24N4O2/c1-30-21-7-5-19(6-8-21)23-14-26-15-24(28-23)25-17-29(11-12-31-25)16-18-4-9-22-20(13-18)3-2-10-27-22/h2-10,13-15,25H,11-12,16-17H2,1H3/t25-/m1/s1. The van der Waals surface area contributed by atoms with Crippen LogP contribution in [0.1, 0.15) is 17.4 Å². The van der Waals surface area contributed by atoms with E-state index in [1.165, 1.54) is 10.9 Å². The number of hydrogen-bond donors (Lipinski definition) is 0. The smallest absolute Gasteiger partial charge is 0.118 e. The largest absolute Gasteiger partial charge is 0.497 e. The summed E-state index contributed by atoms with van der Waals surface area (Å²) in [5, 5.41) is 1.17. The fraction of sp³-hybridized carbons (Fsp3) is 0.240. The Balaban J connectivity index is 1.31. The van der Waals surface area contributed by atoms with Crippen molar-refractivity contribution < 1.29 is 9.47 Å². The van der Waals surface area contributed by atoms with Gasteiger partial charge in [0.2, 0.25) is 0 Å². The first kappa shape index (κ1) is 19.6. The molecule has 1 fully saturated rings. The molecule has 3 heterocycles. The van der Waals surface area contributed by atoms with Gasteiger partial charge >= 0.3 is 0 Å². The maximum Gasteiger partial charge on any atom is 0.118 e. The van der Waals surface area contributed by atoms with Crippen LogP contribution in [0.15, 0.2) is 73.2 Å². The lowest BCUT2D eigenvalue weighted by atomic mass is 10.1. The second-order valence-electron chi connectivity index (χ2n) is 7.68. The number of morpholine rings is 1. The third-order valence-corrected chi connectivity index (χ3v) is 5.59. The zero-order chi connectivity index (χ0) is 21.0. The van der Waals surface area contributed by atoms with Crippen LogP contribution in [-0.4, -0.2) is 46.7 Å². The molecular weight excluding hydrogens is 388 g/mol. The lowest BCUT2D eigenvalue weighted by Gasteiger charge is -2.32. The highest BCUT2D eigenvalue weighted by molar-refractivity contribution is 5.78. The van der Waals surface area contributed by atoms with Crippen LogP contribution >= 0.6 is 0 Å². The summed E-state index contributed by atoms with van der Waals surface area (Å²) in [5.74, 6) is 0.823. The summed E-state index contributed by atoms with van der Waals surface area (Å²) in [7, 11) is 1.66. The Hall–Kier alpha value is -3.35. The number of ether oxygens (including phenoxy) is 2. The van der Waals surface area contributed by atoms with E-state index in [2.05, 4.69) is 39.1 Å². The molecule has 0 N–H and O–H groups in total. The van der Waals surface area contributed by atoms with E-state index in [0.29, 0.717) is 6.61 Å². The fourth-order valence-electron chi connectivity index (χ4n) is 3.94. The molecule has 1 atom stereocenters. The number of rotatable bonds is 5.